The highest BCUT2D eigenvalue weighted by Crippen LogP contribution is 2.68. The van der Waals surface area contributed by atoms with E-state index in [2.05, 4.69) is 0 Å². The zero-order chi connectivity index (χ0) is 20.8. The van der Waals surface area contributed by atoms with E-state index < -0.39 is 34.5 Å². The van der Waals surface area contributed by atoms with Gasteiger partial charge in [-0.25, -0.2) is 0 Å². The van der Waals surface area contributed by atoms with Gasteiger partial charge in [0.1, 0.15) is 28.6 Å². The summed E-state index contributed by atoms with van der Waals surface area (Å²) in [6.07, 6.45) is 0. The molecule has 2 aliphatic rings. The molecule has 3 aromatic carbocycles. The van der Waals surface area contributed by atoms with E-state index in [0.29, 0.717) is 5.69 Å². The molecule has 0 saturated carbocycles. The lowest BCUT2D eigenvalue weighted by atomic mass is 10.0. The van der Waals surface area contributed by atoms with Crippen LogP contribution in [0.3, 0.4) is 0 Å². The van der Waals surface area contributed by atoms with Crippen molar-refractivity contribution in [1.29, 1.82) is 0 Å². The second-order valence-electron chi connectivity index (χ2n) is 6.94. The van der Waals surface area contributed by atoms with Crippen LogP contribution >= 0.6 is 0 Å². The largest absolute Gasteiger partial charge is 0.505 e. The Labute approximate surface area is 163 Å². The minimum absolute atomic E-state index is 0.0162. The molecule has 9 heteroatoms. The van der Waals surface area contributed by atoms with Gasteiger partial charge in [0.05, 0.1) is 0 Å². The van der Waals surface area contributed by atoms with E-state index in [0.717, 1.165) is 11.6 Å². The fraction of sp³-hybridized carbons (Fsp3) is 0.100. The van der Waals surface area contributed by atoms with Crippen LogP contribution in [0.1, 0.15) is 11.1 Å². The number of phenolic OH excluding ortho intramolecular Hbond substituents is 6. The predicted molar refractivity (Wildman–Crippen MR) is 101 cm³/mol. The molecule has 3 aromatic rings. The van der Waals surface area contributed by atoms with Gasteiger partial charge in [0.25, 0.3) is 0 Å². The van der Waals surface area contributed by atoms with Crippen molar-refractivity contribution in [2.75, 3.05) is 4.90 Å². The monoisotopic (exact) mass is 397 g/mol. The summed E-state index contributed by atoms with van der Waals surface area (Å²) in [6, 6.07) is 4.22. The lowest BCUT2D eigenvalue weighted by Crippen LogP contribution is -2.21. The van der Waals surface area contributed by atoms with Crippen molar-refractivity contribution in [3.63, 3.8) is 0 Å². The van der Waals surface area contributed by atoms with Crippen LogP contribution in [0.5, 0.6) is 57.5 Å². The van der Waals surface area contributed by atoms with E-state index in [9.17, 15) is 30.6 Å². The second-order valence-corrected chi connectivity index (χ2v) is 6.94. The quantitative estimate of drug-likeness (QED) is 0.167. The van der Waals surface area contributed by atoms with Crippen LogP contribution in [-0.2, 0) is 0 Å². The first kappa shape index (κ1) is 17.0. The highest BCUT2D eigenvalue weighted by molar-refractivity contribution is 6.00. The molecule has 0 bridgehead atoms. The normalized spacial score (nSPS) is 13.1. The Morgan fingerprint density at radius 2 is 1.21 bits per heavy atom. The molecule has 6 N–H and O–H groups in total. The van der Waals surface area contributed by atoms with Crippen LogP contribution < -0.4 is 14.4 Å². The number of nitrogens with zero attached hydrogens (tertiary/aromatic N) is 1. The third-order valence-electron chi connectivity index (χ3n) is 5.06. The fourth-order valence-electron chi connectivity index (χ4n) is 3.67. The van der Waals surface area contributed by atoms with Gasteiger partial charge in [0.2, 0.25) is 23.0 Å². The molecule has 0 aromatic heterocycles. The van der Waals surface area contributed by atoms with Gasteiger partial charge in [-0.3, -0.25) is 4.90 Å². The van der Waals surface area contributed by atoms with Crippen molar-refractivity contribution in [3.8, 4) is 57.5 Å². The maximum absolute atomic E-state index is 10.8. The number of phenols is 6. The van der Waals surface area contributed by atoms with Crippen molar-refractivity contribution in [2.45, 2.75) is 13.8 Å². The summed E-state index contributed by atoms with van der Waals surface area (Å²) in [5.41, 5.74) is 0.852. The summed E-state index contributed by atoms with van der Waals surface area (Å²) < 4.78 is 11.5. The van der Waals surface area contributed by atoms with Gasteiger partial charge in [0.15, 0.2) is 23.0 Å². The number of anilines is 3. The Balaban J connectivity index is 1.96. The van der Waals surface area contributed by atoms with Crippen molar-refractivity contribution in [2.24, 2.45) is 0 Å². The van der Waals surface area contributed by atoms with Crippen LogP contribution in [0.15, 0.2) is 18.2 Å². The van der Waals surface area contributed by atoms with Gasteiger partial charge < -0.3 is 40.1 Å². The van der Waals surface area contributed by atoms with Crippen molar-refractivity contribution in [1.82, 2.24) is 0 Å². The lowest BCUT2D eigenvalue weighted by molar-refractivity contribution is 0.352. The Kier molecular flexibility index (Phi) is 3.06. The molecule has 0 amide bonds. The number of benzene rings is 3. The van der Waals surface area contributed by atoms with E-state index in [-0.39, 0.29) is 39.9 Å². The average Bonchev–Trinajstić information content (AvgIpc) is 2.67. The number of rotatable bonds is 0. The van der Waals surface area contributed by atoms with E-state index in [1.54, 1.807) is 19.1 Å². The van der Waals surface area contributed by atoms with Crippen LogP contribution in [0.2, 0.25) is 0 Å². The van der Waals surface area contributed by atoms with Crippen LogP contribution in [-0.4, -0.2) is 30.6 Å². The average molecular weight is 397 g/mol. The molecule has 148 valence electrons. The number of aryl methyl sites for hydroxylation is 1. The summed E-state index contributed by atoms with van der Waals surface area (Å²) in [7, 11) is 0. The molecule has 0 radical (unpaired) electrons. The molecule has 0 saturated heterocycles. The maximum Gasteiger partial charge on any atom is 0.204 e. The summed E-state index contributed by atoms with van der Waals surface area (Å²) in [5.74, 6) is -3.26. The Bertz CT molecular complexity index is 1230. The molecule has 0 unspecified atom stereocenters. The zero-order valence-electron chi connectivity index (χ0n) is 15.2. The summed E-state index contributed by atoms with van der Waals surface area (Å²) >= 11 is 0. The van der Waals surface area contributed by atoms with Crippen molar-refractivity contribution < 1.29 is 40.1 Å². The lowest BCUT2D eigenvalue weighted by Gasteiger charge is -2.39. The number of hydrogen-bond acceptors (Lipinski definition) is 9. The molecule has 0 fully saturated rings. The van der Waals surface area contributed by atoms with E-state index >= 15 is 0 Å². The summed E-state index contributed by atoms with van der Waals surface area (Å²) in [4.78, 5) is 1.34. The van der Waals surface area contributed by atoms with Gasteiger partial charge in [-0.15, -0.1) is 0 Å². The first-order chi connectivity index (χ1) is 13.7. The van der Waals surface area contributed by atoms with Gasteiger partial charge in [0, 0.05) is 11.6 Å². The smallest absolute Gasteiger partial charge is 0.204 e. The van der Waals surface area contributed by atoms with E-state index in [1.165, 1.54) is 11.8 Å². The number of aromatic hydroxyl groups is 6. The Hall–Kier alpha value is -4.14. The molecule has 0 aliphatic carbocycles. The predicted octanol–water partition coefficient (Wildman–Crippen LogP) is 4.22. The fourth-order valence-corrected chi connectivity index (χ4v) is 3.67. The third kappa shape index (κ3) is 1.98. The maximum atomic E-state index is 10.8. The van der Waals surface area contributed by atoms with Gasteiger partial charge in [-0.2, -0.15) is 0 Å². The molecule has 2 aliphatic heterocycles. The number of ether oxygens (including phenoxy) is 2. The van der Waals surface area contributed by atoms with Crippen LogP contribution in [0, 0.1) is 13.8 Å². The second kappa shape index (κ2) is 5.22. The summed E-state index contributed by atoms with van der Waals surface area (Å²) in [5, 5.41) is 62.2. The van der Waals surface area contributed by atoms with Crippen LogP contribution in [0.25, 0.3) is 0 Å². The minimum atomic E-state index is -0.612. The van der Waals surface area contributed by atoms with Gasteiger partial charge in [-0.1, -0.05) is 0 Å². The first-order valence-electron chi connectivity index (χ1n) is 8.56. The molecule has 2 heterocycles. The molecule has 29 heavy (non-hydrogen) atoms. The minimum Gasteiger partial charge on any atom is -0.505 e. The van der Waals surface area contributed by atoms with Gasteiger partial charge in [-0.05, 0) is 31.5 Å². The zero-order valence-corrected chi connectivity index (χ0v) is 15.2. The number of hydrogen-bond donors (Lipinski definition) is 6. The third-order valence-corrected chi connectivity index (χ3v) is 5.06. The molecule has 5 rings (SSSR count). The highest BCUT2D eigenvalue weighted by Gasteiger charge is 2.42. The van der Waals surface area contributed by atoms with E-state index in [4.69, 9.17) is 9.47 Å². The number of fused-ring (bicyclic) bond motifs is 4. The standard InChI is InChI=1S/C20H15NO8/c1-6-3-10-13-11(4-6)29-20-14(15(24)7(2)16(25)18(20)27)21(13)12-8(22)5-9(23)17(26)19(12)28-10/h3-5,22-27H,1-2H3. The molecule has 0 atom stereocenters. The summed E-state index contributed by atoms with van der Waals surface area (Å²) in [6.45, 7) is 3.16. The Morgan fingerprint density at radius 3 is 1.83 bits per heavy atom. The first-order valence-corrected chi connectivity index (χ1v) is 8.56. The highest BCUT2D eigenvalue weighted by atomic mass is 16.5. The molecule has 9 nitrogen and oxygen atoms in total. The van der Waals surface area contributed by atoms with Gasteiger partial charge >= 0.3 is 0 Å². The molecular formula is C20H15NO8. The van der Waals surface area contributed by atoms with E-state index in [1.807, 2.05) is 0 Å². The van der Waals surface area contributed by atoms with Crippen LogP contribution in [0.4, 0.5) is 17.1 Å². The molecular weight excluding hydrogens is 382 g/mol. The van der Waals surface area contributed by atoms with Crippen molar-refractivity contribution >= 4 is 17.1 Å². The van der Waals surface area contributed by atoms with Crippen molar-refractivity contribution in [3.05, 3.63) is 29.3 Å². The SMILES string of the molecule is Cc1cc2c3c(c1)Oc1c(O)c(O)c(C)c(O)c1N3c1c(O)cc(O)c(O)c1O2. The molecule has 0 spiro atoms. The topological polar surface area (TPSA) is 143 Å². The Morgan fingerprint density at radius 1 is 0.621 bits per heavy atom.